The van der Waals surface area contributed by atoms with Crippen LogP contribution in [0.4, 0.5) is 4.39 Å². The van der Waals surface area contributed by atoms with Crippen LogP contribution >= 0.6 is 0 Å². The van der Waals surface area contributed by atoms with Crippen molar-refractivity contribution in [2.75, 3.05) is 13.6 Å². The van der Waals surface area contributed by atoms with E-state index in [1.54, 1.807) is 0 Å². The minimum atomic E-state index is -1.30. The van der Waals surface area contributed by atoms with Gasteiger partial charge >= 0.3 is 5.97 Å². The van der Waals surface area contributed by atoms with Gasteiger partial charge in [0.2, 0.25) is 5.91 Å². The van der Waals surface area contributed by atoms with E-state index in [1.165, 1.54) is 19.2 Å². The molecular weight excluding hydrogens is 227 g/mol. The molecule has 17 heavy (non-hydrogen) atoms. The van der Waals surface area contributed by atoms with Crippen molar-refractivity contribution in [3.05, 3.63) is 35.1 Å². The predicted octanol–water partition coefficient (Wildman–Crippen LogP) is 0.359. The summed E-state index contributed by atoms with van der Waals surface area (Å²) in [5.41, 5.74) is 0.219. The van der Waals surface area contributed by atoms with E-state index in [0.29, 0.717) is 12.1 Å². The zero-order valence-corrected chi connectivity index (χ0v) is 9.29. The first-order valence-electron chi connectivity index (χ1n) is 4.97. The first-order chi connectivity index (χ1) is 8.04. The lowest BCUT2D eigenvalue weighted by Crippen LogP contribution is -2.31. The van der Waals surface area contributed by atoms with Crippen LogP contribution in [0.25, 0.3) is 0 Å². The fourth-order valence-electron chi connectivity index (χ4n) is 1.25. The van der Waals surface area contributed by atoms with E-state index in [4.69, 9.17) is 5.11 Å². The van der Waals surface area contributed by atoms with Gasteiger partial charge in [0.15, 0.2) is 0 Å². The summed E-state index contributed by atoms with van der Waals surface area (Å²) in [4.78, 5) is 21.5. The molecule has 0 unspecified atom stereocenters. The molecule has 0 fully saturated rings. The van der Waals surface area contributed by atoms with Crippen LogP contribution in [-0.4, -0.2) is 30.6 Å². The van der Waals surface area contributed by atoms with Gasteiger partial charge in [-0.25, -0.2) is 9.18 Å². The molecule has 1 aromatic carbocycles. The van der Waals surface area contributed by atoms with Crippen LogP contribution in [0.5, 0.6) is 0 Å². The minimum Gasteiger partial charge on any atom is -0.478 e. The number of halogens is 1. The predicted molar refractivity (Wildman–Crippen MR) is 59.1 cm³/mol. The third-order valence-corrected chi connectivity index (χ3v) is 2.16. The highest BCUT2D eigenvalue weighted by Crippen LogP contribution is 2.10. The average molecular weight is 240 g/mol. The van der Waals surface area contributed by atoms with Gasteiger partial charge in [0.1, 0.15) is 5.82 Å². The maximum absolute atomic E-state index is 13.3. The molecule has 6 heteroatoms. The molecule has 0 saturated heterocycles. The Morgan fingerprint density at radius 1 is 1.41 bits per heavy atom. The molecule has 0 heterocycles. The summed E-state index contributed by atoms with van der Waals surface area (Å²) >= 11 is 0. The molecule has 1 amide bonds. The molecule has 3 N–H and O–H groups in total. The Morgan fingerprint density at radius 3 is 2.65 bits per heavy atom. The third-order valence-electron chi connectivity index (χ3n) is 2.16. The summed E-state index contributed by atoms with van der Waals surface area (Å²) in [6.45, 7) is 0.420. The average Bonchev–Trinajstić information content (AvgIpc) is 2.28. The summed E-state index contributed by atoms with van der Waals surface area (Å²) < 4.78 is 13.3. The van der Waals surface area contributed by atoms with Gasteiger partial charge in [-0.05, 0) is 17.7 Å². The van der Waals surface area contributed by atoms with E-state index in [-0.39, 0.29) is 18.0 Å². The number of carbonyl (C=O) groups is 2. The van der Waals surface area contributed by atoms with Crippen LogP contribution in [-0.2, 0) is 11.3 Å². The van der Waals surface area contributed by atoms with Crippen LogP contribution in [0, 0.1) is 5.82 Å². The highest BCUT2D eigenvalue weighted by molar-refractivity contribution is 5.87. The fourth-order valence-corrected chi connectivity index (χ4v) is 1.25. The first-order valence-corrected chi connectivity index (χ1v) is 4.97. The Morgan fingerprint density at radius 2 is 2.12 bits per heavy atom. The van der Waals surface area contributed by atoms with Gasteiger partial charge in [0, 0.05) is 13.6 Å². The quantitative estimate of drug-likeness (QED) is 0.694. The largest absolute Gasteiger partial charge is 0.478 e. The molecule has 5 nitrogen and oxygen atoms in total. The molecule has 0 saturated carbocycles. The molecule has 0 spiro atoms. The number of carbonyl (C=O) groups excluding carboxylic acids is 1. The van der Waals surface area contributed by atoms with E-state index in [0.717, 1.165) is 6.07 Å². The molecule has 0 bridgehead atoms. The Bertz CT molecular complexity index is 435. The van der Waals surface area contributed by atoms with E-state index >= 15 is 0 Å². The fraction of sp³-hybridized carbons (Fsp3) is 0.273. The zero-order chi connectivity index (χ0) is 12.8. The van der Waals surface area contributed by atoms with Gasteiger partial charge in [-0.15, -0.1) is 0 Å². The van der Waals surface area contributed by atoms with E-state index in [1.807, 2.05) is 0 Å². The van der Waals surface area contributed by atoms with E-state index in [2.05, 4.69) is 10.6 Å². The molecule has 0 aliphatic heterocycles. The molecule has 0 aromatic heterocycles. The number of hydrogen-bond acceptors (Lipinski definition) is 3. The number of carboxylic acids is 1. The molecule has 0 radical (unpaired) electrons. The Labute approximate surface area is 97.6 Å². The number of benzene rings is 1. The standard InChI is InChI=1S/C11H13FN2O3/c1-13-10(15)6-14-5-7-2-3-8(11(16)17)9(12)4-7/h2-4,14H,5-6H2,1H3,(H,13,15)(H,16,17). The number of nitrogens with one attached hydrogen (secondary N) is 2. The topological polar surface area (TPSA) is 78.4 Å². The van der Waals surface area contributed by atoms with Crippen molar-refractivity contribution in [1.29, 1.82) is 0 Å². The van der Waals surface area contributed by atoms with Gasteiger partial charge in [0.25, 0.3) is 0 Å². The summed E-state index contributed by atoms with van der Waals surface area (Å²) in [7, 11) is 1.52. The number of hydrogen-bond donors (Lipinski definition) is 3. The molecule has 92 valence electrons. The number of rotatable bonds is 5. The van der Waals surface area contributed by atoms with Crippen molar-refractivity contribution in [3.63, 3.8) is 0 Å². The number of amides is 1. The smallest absolute Gasteiger partial charge is 0.338 e. The van der Waals surface area contributed by atoms with Gasteiger partial charge < -0.3 is 15.7 Å². The van der Waals surface area contributed by atoms with Crippen molar-refractivity contribution >= 4 is 11.9 Å². The zero-order valence-electron chi connectivity index (χ0n) is 9.29. The maximum Gasteiger partial charge on any atom is 0.338 e. The SMILES string of the molecule is CNC(=O)CNCc1ccc(C(=O)O)c(F)c1. The van der Waals surface area contributed by atoms with Crippen LogP contribution in [0.2, 0.25) is 0 Å². The van der Waals surface area contributed by atoms with Crippen molar-refractivity contribution in [3.8, 4) is 0 Å². The highest BCUT2D eigenvalue weighted by atomic mass is 19.1. The van der Waals surface area contributed by atoms with Gasteiger partial charge in [-0.3, -0.25) is 4.79 Å². The molecule has 0 atom stereocenters. The van der Waals surface area contributed by atoms with E-state index in [9.17, 15) is 14.0 Å². The summed E-state index contributed by atoms with van der Waals surface area (Å²) in [6, 6.07) is 3.85. The van der Waals surface area contributed by atoms with Gasteiger partial charge in [-0.1, -0.05) is 6.07 Å². The normalized spacial score (nSPS) is 10.0. The second-order valence-electron chi connectivity index (χ2n) is 3.40. The molecule has 1 rings (SSSR count). The van der Waals surface area contributed by atoms with Crippen LogP contribution < -0.4 is 10.6 Å². The second kappa shape index (κ2) is 5.95. The van der Waals surface area contributed by atoms with Crippen molar-refractivity contribution in [2.24, 2.45) is 0 Å². The number of aromatic carboxylic acids is 1. The van der Waals surface area contributed by atoms with Crippen molar-refractivity contribution in [1.82, 2.24) is 10.6 Å². The molecule has 0 aliphatic rings. The Hall–Kier alpha value is -1.95. The monoisotopic (exact) mass is 240 g/mol. The lowest BCUT2D eigenvalue weighted by molar-refractivity contribution is -0.119. The molecule has 1 aromatic rings. The Balaban J connectivity index is 2.59. The Kier molecular flexibility index (Phi) is 4.59. The van der Waals surface area contributed by atoms with Crippen molar-refractivity contribution in [2.45, 2.75) is 6.54 Å². The summed E-state index contributed by atoms with van der Waals surface area (Å²) in [5, 5.41) is 13.9. The first kappa shape index (κ1) is 13.1. The van der Waals surface area contributed by atoms with Crippen LogP contribution in [0.3, 0.4) is 0 Å². The molecular formula is C11H13FN2O3. The van der Waals surface area contributed by atoms with Crippen LogP contribution in [0.15, 0.2) is 18.2 Å². The second-order valence-corrected chi connectivity index (χ2v) is 3.40. The highest BCUT2D eigenvalue weighted by Gasteiger charge is 2.10. The lowest BCUT2D eigenvalue weighted by atomic mass is 10.1. The lowest BCUT2D eigenvalue weighted by Gasteiger charge is -2.05. The maximum atomic E-state index is 13.3. The van der Waals surface area contributed by atoms with Gasteiger partial charge in [0.05, 0.1) is 12.1 Å². The van der Waals surface area contributed by atoms with E-state index < -0.39 is 11.8 Å². The molecule has 0 aliphatic carbocycles. The van der Waals surface area contributed by atoms with Gasteiger partial charge in [-0.2, -0.15) is 0 Å². The van der Waals surface area contributed by atoms with Crippen LogP contribution in [0.1, 0.15) is 15.9 Å². The third kappa shape index (κ3) is 3.84. The van der Waals surface area contributed by atoms with Crippen molar-refractivity contribution < 1.29 is 19.1 Å². The summed E-state index contributed by atoms with van der Waals surface area (Å²) in [6.07, 6.45) is 0. The number of carboxylic acid groups (broad SMARTS) is 1. The number of likely N-dealkylation sites (N-methyl/N-ethyl adjacent to an activating group) is 1. The minimum absolute atomic E-state index is 0.124. The summed E-state index contributed by atoms with van der Waals surface area (Å²) in [5.74, 6) is -2.25.